The number of rotatable bonds is 4. The zero-order valence-corrected chi connectivity index (χ0v) is 18.0. The van der Waals surface area contributed by atoms with Gasteiger partial charge in [-0.3, -0.25) is 4.79 Å². The summed E-state index contributed by atoms with van der Waals surface area (Å²) in [4.78, 5) is 24.1. The van der Waals surface area contributed by atoms with Crippen molar-refractivity contribution in [2.75, 3.05) is 13.1 Å². The van der Waals surface area contributed by atoms with E-state index in [1.54, 1.807) is 12.4 Å². The van der Waals surface area contributed by atoms with Crippen LogP contribution in [0.3, 0.4) is 0 Å². The number of amides is 1. The number of piperidine rings is 1. The van der Waals surface area contributed by atoms with E-state index in [-0.39, 0.29) is 11.8 Å². The number of carbonyl (C=O) groups excluding carboxylic acids is 1. The predicted octanol–water partition coefficient (Wildman–Crippen LogP) is 4.89. The van der Waals surface area contributed by atoms with Crippen LogP contribution in [0, 0.1) is 6.92 Å². The van der Waals surface area contributed by atoms with E-state index in [0.717, 1.165) is 46.9 Å². The van der Waals surface area contributed by atoms with Crippen molar-refractivity contribution in [3.8, 4) is 0 Å². The number of benzene rings is 1. The van der Waals surface area contributed by atoms with Crippen molar-refractivity contribution >= 4 is 23.2 Å². The lowest BCUT2D eigenvalue weighted by Gasteiger charge is -2.30. The zero-order chi connectivity index (χ0) is 21.4. The van der Waals surface area contributed by atoms with Gasteiger partial charge in [0.25, 0.3) is 5.91 Å². The van der Waals surface area contributed by atoms with E-state index in [2.05, 4.69) is 9.97 Å². The standard InChI is InChI=1S/C24H23ClN4O2/c1-16-6-4-10-28-15-21(27-22(16)28)24(30)29-11-5-8-18(14-29)23-26-13-19(31-23)12-17-7-2-3-9-20(17)25/h2-4,6-7,9-10,13,15,18H,5,8,11-12,14H2,1H3/t18-/m0/s1. The van der Waals surface area contributed by atoms with Gasteiger partial charge < -0.3 is 13.7 Å². The number of aromatic nitrogens is 3. The van der Waals surface area contributed by atoms with Crippen molar-refractivity contribution in [2.45, 2.75) is 32.1 Å². The quantitative estimate of drug-likeness (QED) is 0.458. The van der Waals surface area contributed by atoms with E-state index in [1.165, 1.54) is 0 Å². The number of halogens is 1. The fraction of sp³-hybridized carbons (Fsp3) is 0.292. The van der Waals surface area contributed by atoms with Crippen LogP contribution in [-0.2, 0) is 6.42 Å². The van der Waals surface area contributed by atoms with Crippen molar-refractivity contribution < 1.29 is 9.21 Å². The van der Waals surface area contributed by atoms with Gasteiger partial charge >= 0.3 is 0 Å². The molecule has 0 spiro atoms. The molecule has 7 heteroatoms. The summed E-state index contributed by atoms with van der Waals surface area (Å²) in [5.41, 5.74) is 3.34. The number of carbonyl (C=O) groups is 1. The van der Waals surface area contributed by atoms with Crippen molar-refractivity contribution in [3.63, 3.8) is 0 Å². The largest absolute Gasteiger partial charge is 0.445 e. The Bertz CT molecular complexity index is 1250. The maximum Gasteiger partial charge on any atom is 0.274 e. The first-order valence-corrected chi connectivity index (χ1v) is 10.9. The molecule has 1 atom stereocenters. The molecule has 1 aliphatic rings. The van der Waals surface area contributed by atoms with Gasteiger partial charge in [-0.05, 0) is 43.0 Å². The summed E-state index contributed by atoms with van der Waals surface area (Å²) in [6.07, 6.45) is 7.94. The Morgan fingerprint density at radius 2 is 2.13 bits per heavy atom. The first-order valence-electron chi connectivity index (χ1n) is 10.5. The Kier molecular flexibility index (Phi) is 5.24. The van der Waals surface area contributed by atoms with Crippen LogP contribution in [0.5, 0.6) is 0 Å². The van der Waals surface area contributed by atoms with Gasteiger partial charge in [-0.1, -0.05) is 35.9 Å². The Morgan fingerprint density at radius 1 is 1.26 bits per heavy atom. The number of likely N-dealkylation sites (tertiary alicyclic amines) is 1. The summed E-state index contributed by atoms with van der Waals surface area (Å²) < 4.78 is 7.95. The first-order chi connectivity index (χ1) is 15.1. The predicted molar refractivity (Wildman–Crippen MR) is 119 cm³/mol. The molecule has 1 aliphatic heterocycles. The molecule has 0 aliphatic carbocycles. The molecule has 1 saturated heterocycles. The maximum absolute atomic E-state index is 13.1. The molecule has 0 N–H and O–H groups in total. The van der Waals surface area contributed by atoms with Crippen LogP contribution in [0.2, 0.25) is 5.02 Å². The lowest BCUT2D eigenvalue weighted by Crippen LogP contribution is -2.39. The van der Waals surface area contributed by atoms with E-state index in [9.17, 15) is 4.79 Å². The number of hydrogen-bond acceptors (Lipinski definition) is 4. The summed E-state index contributed by atoms with van der Waals surface area (Å²) in [6, 6.07) is 11.7. The molecule has 1 amide bonds. The number of oxazole rings is 1. The normalized spacial score (nSPS) is 16.7. The lowest BCUT2D eigenvalue weighted by atomic mass is 9.98. The van der Waals surface area contributed by atoms with Gasteiger partial charge in [0.2, 0.25) is 0 Å². The molecule has 3 aromatic heterocycles. The summed E-state index contributed by atoms with van der Waals surface area (Å²) >= 11 is 6.27. The minimum atomic E-state index is -0.0457. The molecule has 0 radical (unpaired) electrons. The monoisotopic (exact) mass is 434 g/mol. The van der Waals surface area contributed by atoms with Crippen LogP contribution < -0.4 is 0 Å². The van der Waals surface area contributed by atoms with E-state index in [1.807, 2.05) is 58.8 Å². The molecule has 6 nitrogen and oxygen atoms in total. The number of pyridine rings is 1. The van der Waals surface area contributed by atoms with Crippen molar-refractivity contribution in [1.82, 2.24) is 19.3 Å². The van der Waals surface area contributed by atoms with Gasteiger partial charge in [0.15, 0.2) is 5.89 Å². The smallest absolute Gasteiger partial charge is 0.274 e. The third-order valence-corrected chi connectivity index (χ3v) is 6.22. The fourth-order valence-electron chi connectivity index (χ4n) is 4.20. The molecule has 0 bridgehead atoms. The molecule has 4 heterocycles. The number of hydrogen-bond donors (Lipinski definition) is 0. The van der Waals surface area contributed by atoms with Gasteiger partial charge in [-0.2, -0.15) is 0 Å². The zero-order valence-electron chi connectivity index (χ0n) is 17.3. The van der Waals surface area contributed by atoms with Gasteiger partial charge in [-0.15, -0.1) is 0 Å². The molecule has 5 rings (SSSR count). The molecule has 158 valence electrons. The van der Waals surface area contributed by atoms with Crippen LogP contribution >= 0.6 is 11.6 Å². The maximum atomic E-state index is 13.1. The summed E-state index contributed by atoms with van der Waals surface area (Å²) in [5, 5.41) is 0.720. The highest BCUT2D eigenvalue weighted by Crippen LogP contribution is 2.29. The Hall–Kier alpha value is -3.12. The number of imidazole rings is 1. The highest BCUT2D eigenvalue weighted by atomic mass is 35.5. The molecular weight excluding hydrogens is 412 g/mol. The van der Waals surface area contributed by atoms with Crippen molar-refractivity contribution in [3.05, 3.63) is 88.5 Å². The van der Waals surface area contributed by atoms with Crippen LogP contribution in [0.15, 0.2) is 59.4 Å². The van der Waals surface area contributed by atoms with E-state index in [4.69, 9.17) is 16.0 Å². The summed E-state index contributed by atoms with van der Waals surface area (Å²) in [7, 11) is 0. The fourth-order valence-corrected chi connectivity index (χ4v) is 4.41. The molecular formula is C24H23ClN4O2. The van der Waals surface area contributed by atoms with Gasteiger partial charge in [-0.25, -0.2) is 9.97 Å². The van der Waals surface area contributed by atoms with E-state index >= 15 is 0 Å². The molecule has 1 aromatic carbocycles. The molecule has 0 saturated carbocycles. The second-order valence-electron chi connectivity index (χ2n) is 8.07. The highest BCUT2D eigenvalue weighted by Gasteiger charge is 2.29. The SMILES string of the molecule is Cc1cccn2cc(C(=O)N3CCC[C@H](c4ncc(Cc5ccccc5Cl)o4)C3)nc12. The van der Waals surface area contributed by atoms with E-state index < -0.39 is 0 Å². The number of nitrogens with zero attached hydrogens (tertiary/aromatic N) is 4. The van der Waals surface area contributed by atoms with Gasteiger partial charge in [0, 0.05) is 36.9 Å². The number of aryl methyl sites for hydroxylation is 1. The Balaban J connectivity index is 1.31. The Morgan fingerprint density at radius 3 is 2.97 bits per heavy atom. The highest BCUT2D eigenvalue weighted by molar-refractivity contribution is 6.31. The van der Waals surface area contributed by atoms with E-state index in [0.29, 0.717) is 24.6 Å². The van der Waals surface area contributed by atoms with Gasteiger partial charge in [0.1, 0.15) is 17.1 Å². The van der Waals surface area contributed by atoms with Crippen molar-refractivity contribution in [2.24, 2.45) is 0 Å². The third-order valence-electron chi connectivity index (χ3n) is 5.85. The average Bonchev–Trinajstić information content (AvgIpc) is 3.43. The summed E-state index contributed by atoms with van der Waals surface area (Å²) in [6.45, 7) is 3.30. The average molecular weight is 435 g/mol. The molecule has 31 heavy (non-hydrogen) atoms. The minimum Gasteiger partial charge on any atom is -0.445 e. The van der Waals surface area contributed by atoms with Crippen LogP contribution in [0.4, 0.5) is 0 Å². The van der Waals surface area contributed by atoms with Crippen LogP contribution in [-0.4, -0.2) is 38.3 Å². The number of fused-ring (bicyclic) bond motifs is 1. The van der Waals surface area contributed by atoms with Crippen LogP contribution in [0.25, 0.3) is 5.65 Å². The van der Waals surface area contributed by atoms with Crippen molar-refractivity contribution in [1.29, 1.82) is 0 Å². The molecule has 0 unspecified atom stereocenters. The van der Waals surface area contributed by atoms with Crippen LogP contribution in [0.1, 0.15) is 52.0 Å². The summed E-state index contributed by atoms with van der Waals surface area (Å²) in [5.74, 6) is 1.50. The molecule has 1 fully saturated rings. The lowest BCUT2D eigenvalue weighted by molar-refractivity contribution is 0.0692. The second kappa shape index (κ2) is 8.19. The minimum absolute atomic E-state index is 0.0457. The molecule has 4 aromatic rings. The third kappa shape index (κ3) is 3.95. The van der Waals surface area contributed by atoms with Gasteiger partial charge in [0.05, 0.1) is 12.1 Å². The second-order valence-corrected chi connectivity index (χ2v) is 8.48. The first kappa shape index (κ1) is 19.8. The topological polar surface area (TPSA) is 63.6 Å². The Labute approximate surface area is 185 Å².